The normalized spacial score (nSPS) is 10.5. The van der Waals surface area contributed by atoms with Crippen molar-refractivity contribution >= 4 is 23.4 Å². The van der Waals surface area contributed by atoms with Crippen LogP contribution in [0.3, 0.4) is 0 Å². The molecule has 2 heterocycles. The molecule has 4 aromatic rings. The summed E-state index contributed by atoms with van der Waals surface area (Å²) in [6.07, 6.45) is 3.31. The molecule has 8 heteroatoms. The van der Waals surface area contributed by atoms with Gasteiger partial charge in [-0.25, -0.2) is 0 Å². The van der Waals surface area contributed by atoms with Gasteiger partial charge in [-0.15, -0.1) is 10.2 Å². The van der Waals surface area contributed by atoms with Gasteiger partial charge in [0.2, 0.25) is 11.8 Å². The molecule has 0 unspecified atom stereocenters. The number of para-hydroxylation sites is 1. The van der Waals surface area contributed by atoms with Gasteiger partial charge in [0.25, 0.3) is 5.22 Å². The van der Waals surface area contributed by atoms with Crippen LogP contribution in [0.1, 0.15) is 0 Å². The number of nitrogens with one attached hydrogen (secondary N) is 1. The Bertz CT molecular complexity index is 1070. The first-order chi connectivity index (χ1) is 14.3. The fourth-order valence-electron chi connectivity index (χ4n) is 2.43. The average molecular weight is 404 g/mol. The maximum absolute atomic E-state index is 12.2. The molecule has 1 N–H and O–H groups in total. The van der Waals surface area contributed by atoms with Gasteiger partial charge >= 0.3 is 0 Å². The van der Waals surface area contributed by atoms with E-state index in [9.17, 15) is 4.79 Å². The van der Waals surface area contributed by atoms with E-state index in [1.807, 2.05) is 36.4 Å². The van der Waals surface area contributed by atoms with Crippen molar-refractivity contribution in [1.82, 2.24) is 15.2 Å². The van der Waals surface area contributed by atoms with Crippen molar-refractivity contribution in [2.24, 2.45) is 0 Å². The summed E-state index contributed by atoms with van der Waals surface area (Å²) in [5.41, 5.74) is 1.41. The third-order valence-electron chi connectivity index (χ3n) is 3.76. The van der Waals surface area contributed by atoms with Crippen LogP contribution in [0.4, 0.5) is 5.69 Å². The van der Waals surface area contributed by atoms with Crippen LogP contribution in [0.15, 0.2) is 88.8 Å². The summed E-state index contributed by atoms with van der Waals surface area (Å²) >= 11 is 1.17. The lowest BCUT2D eigenvalue weighted by Gasteiger charge is -2.07. The molecule has 0 saturated carbocycles. The molecule has 0 radical (unpaired) electrons. The molecule has 0 aliphatic carbocycles. The van der Waals surface area contributed by atoms with E-state index in [0.717, 1.165) is 11.3 Å². The molecular weight excluding hydrogens is 388 g/mol. The number of benzene rings is 2. The van der Waals surface area contributed by atoms with E-state index in [4.69, 9.17) is 9.15 Å². The molecule has 29 heavy (non-hydrogen) atoms. The van der Waals surface area contributed by atoms with E-state index in [0.29, 0.717) is 22.6 Å². The number of ether oxygens (including phenoxy) is 1. The first-order valence-corrected chi connectivity index (χ1v) is 9.74. The number of amides is 1. The van der Waals surface area contributed by atoms with Crippen molar-refractivity contribution in [2.75, 3.05) is 11.1 Å². The van der Waals surface area contributed by atoms with Crippen LogP contribution in [0.25, 0.3) is 11.5 Å². The van der Waals surface area contributed by atoms with Crippen molar-refractivity contribution in [2.45, 2.75) is 5.22 Å². The van der Waals surface area contributed by atoms with Gasteiger partial charge in [0.1, 0.15) is 11.5 Å². The van der Waals surface area contributed by atoms with Crippen LogP contribution in [0.5, 0.6) is 11.5 Å². The number of anilines is 1. The smallest absolute Gasteiger partial charge is 0.277 e. The molecule has 0 atom stereocenters. The number of hydrogen-bond donors (Lipinski definition) is 1. The van der Waals surface area contributed by atoms with Crippen molar-refractivity contribution in [3.05, 3.63) is 79.1 Å². The van der Waals surface area contributed by atoms with Gasteiger partial charge in [0.05, 0.1) is 11.3 Å². The lowest BCUT2D eigenvalue weighted by molar-refractivity contribution is -0.113. The molecule has 0 aliphatic rings. The van der Waals surface area contributed by atoms with Crippen LogP contribution >= 0.6 is 11.8 Å². The lowest BCUT2D eigenvalue weighted by atomic mass is 10.3. The zero-order valence-corrected chi connectivity index (χ0v) is 16.0. The minimum atomic E-state index is -0.173. The Morgan fingerprint density at radius 2 is 1.76 bits per heavy atom. The summed E-state index contributed by atoms with van der Waals surface area (Å²) in [4.78, 5) is 16.2. The van der Waals surface area contributed by atoms with Gasteiger partial charge in [0, 0.05) is 18.1 Å². The summed E-state index contributed by atoms with van der Waals surface area (Å²) in [5.74, 6) is 1.79. The lowest BCUT2D eigenvalue weighted by Crippen LogP contribution is -2.13. The van der Waals surface area contributed by atoms with Gasteiger partial charge in [-0.1, -0.05) is 30.0 Å². The Morgan fingerprint density at radius 3 is 2.52 bits per heavy atom. The van der Waals surface area contributed by atoms with Crippen molar-refractivity contribution < 1.29 is 13.9 Å². The molecule has 2 aromatic carbocycles. The Hall–Kier alpha value is -3.65. The highest BCUT2D eigenvalue weighted by Crippen LogP contribution is 2.24. The topological polar surface area (TPSA) is 90.1 Å². The standard InChI is InChI=1S/C21H16N4O3S/c26-19(14-29-21-25-24-20(28-21)15-5-4-12-22-13-15)23-16-8-10-18(11-9-16)27-17-6-2-1-3-7-17/h1-13H,14H2,(H,23,26). The van der Waals surface area contributed by atoms with E-state index in [-0.39, 0.29) is 11.7 Å². The van der Waals surface area contributed by atoms with E-state index in [1.165, 1.54) is 11.8 Å². The second-order valence-electron chi connectivity index (χ2n) is 5.89. The molecule has 0 fully saturated rings. The van der Waals surface area contributed by atoms with Crippen LogP contribution in [-0.4, -0.2) is 26.8 Å². The summed E-state index contributed by atoms with van der Waals surface area (Å²) in [7, 11) is 0. The molecule has 0 saturated heterocycles. The second-order valence-corrected chi connectivity index (χ2v) is 6.82. The van der Waals surface area contributed by atoms with E-state index in [1.54, 1.807) is 42.7 Å². The molecule has 144 valence electrons. The van der Waals surface area contributed by atoms with E-state index >= 15 is 0 Å². The molecule has 1 amide bonds. The van der Waals surface area contributed by atoms with Gasteiger partial charge in [-0.05, 0) is 48.5 Å². The summed E-state index contributed by atoms with van der Waals surface area (Å²) in [6, 6.07) is 20.3. The van der Waals surface area contributed by atoms with E-state index < -0.39 is 0 Å². The van der Waals surface area contributed by atoms with Crippen molar-refractivity contribution in [3.8, 4) is 23.0 Å². The fraction of sp³-hybridized carbons (Fsp3) is 0.0476. The zero-order valence-electron chi connectivity index (χ0n) is 15.2. The quantitative estimate of drug-likeness (QED) is 0.448. The van der Waals surface area contributed by atoms with Crippen LogP contribution in [0, 0.1) is 0 Å². The highest BCUT2D eigenvalue weighted by atomic mass is 32.2. The Morgan fingerprint density at radius 1 is 0.966 bits per heavy atom. The third-order valence-corrected chi connectivity index (χ3v) is 4.58. The maximum Gasteiger partial charge on any atom is 0.277 e. The number of rotatable bonds is 7. The number of pyridine rings is 1. The SMILES string of the molecule is O=C(CSc1nnc(-c2cccnc2)o1)Nc1ccc(Oc2ccccc2)cc1. The highest BCUT2D eigenvalue weighted by Gasteiger charge is 2.11. The summed E-state index contributed by atoms with van der Waals surface area (Å²) in [6.45, 7) is 0. The Labute approximate surface area is 171 Å². The van der Waals surface area contributed by atoms with Crippen molar-refractivity contribution in [3.63, 3.8) is 0 Å². The Balaban J connectivity index is 1.28. The van der Waals surface area contributed by atoms with Crippen LogP contribution in [-0.2, 0) is 4.79 Å². The number of nitrogens with zero attached hydrogens (tertiary/aromatic N) is 3. The van der Waals surface area contributed by atoms with Gasteiger partial charge < -0.3 is 14.5 Å². The number of carbonyl (C=O) groups excluding carboxylic acids is 1. The molecule has 0 bridgehead atoms. The molecule has 0 spiro atoms. The summed E-state index contributed by atoms with van der Waals surface area (Å²) in [5, 5.41) is 11.1. The molecule has 2 aromatic heterocycles. The predicted molar refractivity (Wildman–Crippen MR) is 110 cm³/mol. The molecule has 7 nitrogen and oxygen atoms in total. The highest BCUT2D eigenvalue weighted by molar-refractivity contribution is 7.99. The van der Waals surface area contributed by atoms with Gasteiger partial charge in [0.15, 0.2) is 0 Å². The monoisotopic (exact) mass is 404 g/mol. The number of hydrogen-bond acceptors (Lipinski definition) is 7. The minimum Gasteiger partial charge on any atom is -0.457 e. The number of thioether (sulfide) groups is 1. The number of aromatic nitrogens is 3. The Kier molecular flexibility index (Phi) is 5.82. The van der Waals surface area contributed by atoms with Gasteiger partial charge in [-0.3, -0.25) is 9.78 Å². The van der Waals surface area contributed by atoms with Crippen LogP contribution < -0.4 is 10.1 Å². The molecular formula is C21H16N4O3S. The first-order valence-electron chi connectivity index (χ1n) is 8.76. The first kappa shape index (κ1) is 18.7. The van der Waals surface area contributed by atoms with Crippen LogP contribution in [0.2, 0.25) is 0 Å². The van der Waals surface area contributed by atoms with Crippen molar-refractivity contribution in [1.29, 1.82) is 0 Å². The molecule has 0 aliphatic heterocycles. The predicted octanol–water partition coefficient (Wildman–Crippen LogP) is 4.65. The summed E-state index contributed by atoms with van der Waals surface area (Å²) < 4.78 is 11.3. The average Bonchev–Trinajstić information content (AvgIpc) is 3.24. The zero-order chi connectivity index (χ0) is 19.9. The minimum absolute atomic E-state index is 0.150. The third kappa shape index (κ3) is 5.20. The van der Waals surface area contributed by atoms with E-state index in [2.05, 4.69) is 20.5 Å². The second kappa shape index (κ2) is 9.03. The maximum atomic E-state index is 12.2. The van der Waals surface area contributed by atoms with Gasteiger partial charge in [-0.2, -0.15) is 0 Å². The fourth-order valence-corrected chi connectivity index (χ4v) is 2.99. The molecule has 4 rings (SSSR count). The largest absolute Gasteiger partial charge is 0.457 e. The number of carbonyl (C=O) groups is 1.